The van der Waals surface area contributed by atoms with Crippen LogP contribution in [0.1, 0.15) is 23.7 Å². The second kappa shape index (κ2) is 12.5. The lowest BCUT2D eigenvalue weighted by atomic mass is 10.2. The topological polar surface area (TPSA) is 49.8 Å². The van der Waals surface area contributed by atoms with E-state index in [1.54, 1.807) is 24.3 Å². The Kier molecular flexibility index (Phi) is 10.7. The highest BCUT2D eigenvalue weighted by atomic mass is 127. The summed E-state index contributed by atoms with van der Waals surface area (Å²) in [5.74, 6) is 0.953. The molecule has 1 N–H and O–H groups in total. The third-order valence-corrected chi connectivity index (χ3v) is 3.90. The van der Waals surface area contributed by atoms with Crippen LogP contribution in [0.4, 0.5) is 8.78 Å². The van der Waals surface area contributed by atoms with Crippen LogP contribution in [0.5, 0.6) is 5.75 Å². The minimum absolute atomic E-state index is 0. The molecule has 1 aromatic heterocycles. The Morgan fingerprint density at radius 3 is 2.43 bits per heavy atom. The predicted molar refractivity (Wildman–Crippen MR) is 119 cm³/mol. The number of aliphatic imine (C=N–C) groups is 1. The summed E-state index contributed by atoms with van der Waals surface area (Å²) >= 11 is 0. The smallest absolute Gasteiger partial charge is 0.387 e. The number of guanidine groups is 1. The van der Waals surface area contributed by atoms with E-state index in [1.165, 1.54) is 0 Å². The molecule has 0 saturated carbocycles. The van der Waals surface area contributed by atoms with Crippen molar-refractivity contribution in [2.45, 2.75) is 33.4 Å². The molecule has 0 amide bonds. The third kappa shape index (κ3) is 8.37. The molecule has 0 atom stereocenters. The minimum Gasteiger partial charge on any atom is -0.435 e. The van der Waals surface area contributed by atoms with Gasteiger partial charge in [-0.1, -0.05) is 18.2 Å². The Balaban J connectivity index is 0.00000392. The highest BCUT2D eigenvalue weighted by Gasteiger charge is 2.08. The van der Waals surface area contributed by atoms with Gasteiger partial charge in [-0.2, -0.15) is 8.78 Å². The number of nitrogens with one attached hydrogen (secondary N) is 1. The first-order valence-corrected chi connectivity index (χ1v) is 8.92. The standard InChI is InChI=1S/C20H26F2N4O.HI/c1-4-23-20(24-12-11-16-6-5-15(2)25-13-16)26(3)14-17-7-9-18(10-8-17)27-19(21)22;/h5-10,13,19H,4,11-12,14H2,1-3H3,(H,23,24);1H. The van der Waals surface area contributed by atoms with E-state index < -0.39 is 6.61 Å². The second-order valence-electron chi connectivity index (χ2n) is 6.17. The Hall–Kier alpha value is -1.97. The van der Waals surface area contributed by atoms with Crippen LogP contribution in [0.25, 0.3) is 0 Å². The molecule has 28 heavy (non-hydrogen) atoms. The van der Waals surface area contributed by atoms with Crippen molar-refractivity contribution in [3.8, 4) is 5.75 Å². The number of halogens is 3. The first-order valence-electron chi connectivity index (χ1n) is 8.92. The number of alkyl halides is 2. The van der Waals surface area contributed by atoms with E-state index in [4.69, 9.17) is 0 Å². The lowest BCUT2D eigenvalue weighted by Crippen LogP contribution is -2.38. The van der Waals surface area contributed by atoms with E-state index in [-0.39, 0.29) is 29.7 Å². The number of rotatable bonds is 8. The number of hydrogen-bond donors (Lipinski definition) is 1. The minimum atomic E-state index is -2.81. The molecule has 1 aromatic carbocycles. The molecule has 0 aliphatic heterocycles. The van der Waals surface area contributed by atoms with Crippen LogP contribution in [0.3, 0.4) is 0 Å². The van der Waals surface area contributed by atoms with Crippen molar-refractivity contribution in [3.05, 3.63) is 59.4 Å². The Labute approximate surface area is 182 Å². The van der Waals surface area contributed by atoms with Crippen LogP contribution < -0.4 is 10.1 Å². The van der Waals surface area contributed by atoms with E-state index in [9.17, 15) is 8.78 Å². The fourth-order valence-corrected chi connectivity index (χ4v) is 2.53. The van der Waals surface area contributed by atoms with E-state index in [1.807, 2.05) is 38.1 Å². The molecule has 0 saturated heterocycles. The summed E-state index contributed by atoms with van der Waals surface area (Å²) in [7, 11) is 1.94. The molecule has 5 nitrogen and oxygen atoms in total. The summed E-state index contributed by atoms with van der Waals surface area (Å²) in [6.07, 6.45) is 2.69. The summed E-state index contributed by atoms with van der Waals surface area (Å²) in [5.41, 5.74) is 3.13. The average Bonchev–Trinajstić information content (AvgIpc) is 2.64. The van der Waals surface area contributed by atoms with Gasteiger partial charge in [0.05, 0.1) is 0 Å². The number of hydrogen-bond acceptors (Lipinski definition) is 3. The van der Waals surface area contributed by atoms with Crippen LogP contribution >= 0.6 is 24.0 Å². The van der Waals surface area contributed by atoms with Gasteiger partial charge < -0.3 is 15.0 Å². The van der Waals surface area contributed by atoms with E-state index in [0.29, 0.717) is 13.1 Å². The molecule has 0 unspecified atom stereocenters. The zero-order valence-corrected chi connectivity index (χ0v) is 18.7. The zero-order chi connectivity index (χ0) is 19.6. The summed E-state index contributed by atoms with van der Waals surface area (Å²) < 4.78 is 28.8. The van der Waals surface area contributed by atoms with Gasteiger partial charge in [0, 0.05) is 38.6 Å². The van der Waals surface area contributed by atoms with Gasteiger partial charge in [0.15, 0.2) is 5.96 Å². The van der Waals surface area contributed by atoms with Gasteiger partial charge in [-0.15, -0.1) is 24.0 Å². The monoisotopic (exact) mass is 504 g/mol. The molecule has 8 heteroatoms. The van der Waals surface area contributed by atoms with Crippen molar-refractivity contribution in [2.24, 2.45) is 4.99 Å². The van der Waals surface area contributed by atoms with Crippen LogP contribution in [0.2, 0.25) is 0 Å². The summed E-state index contributed by atoms with van der Waals surface area (Å²) in [6.45, 7) is 3.19. The maximum absolute atomic E-state index is 12.2. The molecule has 2 aromatic rings. The van der Waals surface area contributed by atoms with Crippen LogP contribution in [0, 0.1) is 6.92 Å². The maximum atomic E-state index is 12.2. The number of aromatic nitrogens is 1. The van der Waals surface area contributed by atoms with Gasteiger partial charge in [-0.25, -0.2) is 0 Å². The number of nitrogens with zero attached hydrogens (tertiary/aromatic N) is 3. The zero-order valence-electron chi connectivity index (χ0n) is 16.4. The van der Waals surface area contributed by atoms with Crippen LogP contribution in [-0.2, 0) is 13.0 Å². The second-order valence-corrected chi connectivity index (χ2v) is 6.17. The molecule has 154 valence electrons. The van der Waals surface area contributed by atoms with E-state index >= 15 is 0 Å². The molecule has 2 rings (SSSR count). The number of pyridine rings is 1. The molecule has 0 radical (unpaired) electrons. The van der Waals surface area contributed by atoms with Crippen LogP contribution in [0.15, 0.2) is 47.6 Å². The summed E-state index contributed by atoms with van der Waals surface area (Å²) in [6, 6.07) is 10.7. The molecule has 0 spiro atoms. The maximum Gasteiger partial charge on any atom is 0.387 e. The van der Waals surface area contributed by atoms with Gasteiger partial charge in [-0.05, 0) is 49.6 Å². The van der Waals surface area contributed by atoms with Crippen LogP contribution in [-0.4, -0.2) is 42.6 Å². The Morgan fingerprint density at radius 1 is 1.18 bits per heavy atom. The van der Waals surface area contributed by atoms with E-state index in [0.717, 1.165) is 35.7 Å². The SMILES string of the molecule is CCNC(=NCCc1ccc(C)nc1)N(C)Cc1ccc(OC(F)F)cc1.I. The summed E-state index contributed by atoms with van der Waals surface area (Å²) in [4.78, 5) is 11.0. The third-order valence-electron chi connectivity index (χ3n) is 3.90. The Morgan fingerprint density at radius 2 is 1.86 bits per heavy atom. The van der Waals surface area contributed by atoms with Gasteiger partial charge in [0.1, 0.15) is 5.75 Å². The molecule has 1 heterocycles. The summed E-state index contributed by atoms with van der Waals surface area (Å²) in [5, 5.41) is 3.27. The average molecular weight is 504 g/mol. The molecular weight excluding hydrogens is 477 g/mol. The van der Waals surface area contributed by atoms with Crippen molar-refractivity contribution in [3.63, 3.8) is 0 Å². The molecule has 0 fully saturated rings. The van der Waals surface area contributed by atoms with Gasteiger partial charge in [-0.3, -0.25) is 9.98 Å². The first kappa shape index (κ1) is 24.1. The highest BCUT2D eigenvalue weighted by molar-refractivity contribution is 14.0. The largest absolute Gasteiger partial charge is 0.435 e. The van der Waals surface area contributed by atoms with Crippen molar-refractivity contribution < 1.29 is 13.5 Å². The lowest BCUT2D eigenvalue weighted by Gasteiger charge is -2.22. The quantitative estimate of drug-likeness (QED) is 0.332. The van der Waals surface area contributed by atoms with Gasteiger partial charge in [0.25, 0.3) is 0 Å². The molecule has 0 aliphatic carbocycles. The highest BCUT2D eigenvalue weighted by Crippen LogP contribution is 2.15. The van der Waals surface area contributed by atoms with Crippen molar-refractivity contribution >= 4 is 29.9 Å². The van der Waals surface area contributed by atoms with Gasteiger partial charge in [0.2, 0.25) is 0 Å². The lowest BCUT2D eigenvalue weighted by molar-refractivity contribution is -0.0498. The molecule has 0 aliphatic rings. The Bertz CT molecular complexity index is 724. The molecule has 0 bridgehead atoms. The number of ether oxygens (including phenoxy) is 1. The molecular formula is C20H27F2IN4O. The first-order chi connectivity index (χ1) is 13.0. The van der Waals surface area contributed by atoms with Gasteiger partial charge >= 0.3 is 6.61 Å². The number of benzene rings is 1. The fourth-order valence-electron chi connectivity index (χ4n) is 2.53. The van der Waals surface area contributed by atoms with Crippen molar-refractivity contribution in [1.29, 1.82) is 0 Å². The van der Waals surface area contributed by atoms with E-state index in [2.05, 4.69) is 26.1 Å². The normalized spacial score (nSPS) is 11.1. The number of aryl methyl sites for hydroxylation is 1. The van der Waals surface area contributed by atoms with Crippen molar-refractivity contribution in [1.82, 2.24) is 15.2 Å². The van der Waals surface area contributed by atoms with Crippen molar-refractivity contribution in [2.75, 3.05) is 20.1 Å². The fraction of sp³-hybridized carbons (Fsp3) is 0.400. The predicted octanol–water partition coefficient (Wildman–Crippen LogP) is 4.25.